The van der Waals surface area contributed by atoms with Crippen LogP contribution in [-0.4, -0.2) is 37.2 Å². The summed E-state index contributed by atoms with van der Waals surface area (Å²) in [5, 5.41) is 0. The van der Waals surface area contributed by atoms with Crippen molar-refractivity contribution in [2.24, 2.45) is 0 Å². The molecule has 0 spiro atoms. The fourth-order valence-electron chi connectivity index (χ4n) is 9.92. The average molecular weight is 1040 g/mol. The van der Waals surface area contributed by atoms with E-state index in [9.17, 15) is 14.4 Å². The van der Waals surface area contributed by atoms with Crippen molar-refractivity contribution in [3.8, 4) is 0 Å². The summed E-state index contributed by atoms with van der Waals surface area (Å²) in [6.07, 6.45) is 77.8. The summed E-state index contributed by atoms with van der Waals surface area (Å²) < 4.78 is 16.8. The number of hydrogen-bond donors (Lipinski definition) is 0. The zero-order chi connectivity index (χ0) is 53.6. The van der Waals surface area contributed by atoms with Gasteiger partial charge in [-0.3, -0.25) is 14.4 Å². The van der Waals surface area contributed by atoms with Crippen molar-refractivity contribution in [3.63, 3.8) is 0 Å². The van der Waals surface area contributed by atoms with Crippen LogP contribution in [0.3, 0.4) is 0 Å². The van der Waals surface area contributed by atoms with Crippen LogP contribution in [0.4, 0.5) is 0 Å². The predicted molar refractivity (Wildman–Crippen MR) is 321 cm³/mol. The van der Waals surface area contributed by atoms with Gasteiger partial charge in [0.15, 0.2) is 6.10 Å². The molecule has 0 aromatic rings. The average Bonchev–Trinajstić information content (AvgIpc) is 3.40. The monoisotopic (exact) mass is 1040 g/mol. The summed E-state index contributed by atoms with van der Waals surface area (Å²) in [4.78, 5) is 38.0. The van der Waals surface area contributed by atoms with Crippen molar-refractivity contribution in [2.75, 3.05) is 13.2 Å². The molecule has 0 aliphatic heterocycles. The standard InChI is InChI=1S/C68H126O6/c1-4-7-10-13-16-18-20-22-24-26-27-28-29-30-31-32-33-34-35-36-37-38-39-40-41-43-44-46-48-50-52-55-58-61-67(70)73-64-65(63-72-66(69)60-57-54-15-12-9-6-3)74-68(71)62-59-56-53-51-49-47-45-42-25-23-21-19-17-14-11-8-5-2/h20,22,26-27,29-30,65H,4-19,21,23-25,28,31-64H2,1-3H3/b22-20-,27-26-,30-29-. The van der Waals surface area contributed by atoms with Gasteiger partial charge in [-0.25, -0.2) is 0 Å². The summed E-state index contributed by atoms with van der Waals surface area (Å²) in [7, 11) is 0. The van der Waals surface area contributed by atoms with Crippen LogP contribution in [0.15, 0.2) is 36.5 Å². The Morgan fingerprint density at radius 3 is 0.757 bits per heavy atom. The highest BCUT2D eigenvalue weighted by molar-refractivity contribution is 5.71. The lowest BCUT2D eigenvalue weighted by Crippen LogP contribution is -2.30. The van der Waals surface area contributed by atoms with E-state index in [1.807, 2.05) is 0 Å². The van der Waals surface area contributed by atoms with Gasteiger partial charge in [0.2, 0.25) is 0 Å². The minimum Gasteiger partial charge on any atom is -0.462 e. The molecule has 0 rings (SSSR count). The molecular formula is C68H126O6. The zero-order valence-electron chi connectivity index (χ0n) is 49.9. The van der Waals surface area contributed by atoms with Gasteiger partial charge in [0.1, 0.15) is 13.2 Å². The highest BCUT2D eigenvalue weighted by Crippen LogP contribution is 2.18. The number of carbonyl (C=O) groups excluding carboxylic acids is 3. The molecule has 0 bridgehead atoms. The van der Waals surface area contributed by atoms with Gasteiger partial charge in [-0.1, -0.05) is 320 Å². The molecule has 0 N–H and O–H groups in total. The molecule has 0 saturated carbocycles. The zero-order valence-corrected chi connectivity index (χ0v) is 49.9. The maximum atomic E-state index is 12.8. The first-order valence-electron chi connectivity index (χ1n) is 33.0. The van der Waals surface area contributed by atoms with E-state index in [1.54, 1.807) is 0 Å². The van der Waals surface area contributed by atoms with Crippen LogP contribution < -0.4 is 0 Å². The summed E-state index contributed by atoms with van der Waals surface area (Å²) in [5.41, 5.74) is 0. The van der Waals surface area contributed by atoms with E-state index in [0.29, 0.717) is 19.3 Å². The number of rotatable bonds is 61. The summed E-state index contributed by atoms with van der Waals surface area (Å²) in [6, 6.07) is 0. The van der Waals surface area contributed by atoms with Crippen molar-refractivity contribution in [2.45, 2.75) is 367 Å². The van der Waals surface area contributed by atoms with Gasteiger partial charge < -0.3 is 14.2 Å². The lowest BCUT2D eigenvalue weighted by Gasteiger charge is -2.18. The lowest BCUT2D eigenvalue weighted by atomic mass is 10.0. The Hall–Kier alpha value is -2.37. The Bertz CT molecular complexity index is 1240. The topological polar surface area (TPSA) is 78.9 Å². The second kappa shape index (κ2) is 63.2. The molecule has 0 heterocycles. The maximum Gasteiger partial charge on any atom is 0.306 e. The first-order valence-corrected chi connectivity index (χ1v) is 33.0. The van der Waals surface area contributed by atoms with E-state index in [4.69, 9.17) is 14.2 Å². The summed E-state index contributed by atoms with van der Waals surface area (Å²) in [5.74, 6) is -0.852. The number of allylic oxidation sites excluding steroid dienone is 6. The number of ether oxygens (including phenoxy) is 3. The Labute approximate surface area is 461 Å². The molecule has 0 aromatic carbocycles. The van der Waals surface area contributed by atoms with E-state index in [2.05, 4.69) is 57.2 Å². The largest absolute Gasteiger partial charge is 0.462 e. The lowest BCUT2D eigenvalue weighted by molar-refractivity contribution is -0.167. The molecule has 6 nitrogen and oxygen atoms in total. The van der Waals surface area contributed by atoms with Crippen LogP contribution >= 0.6 is 0 Å². The summed E-state index contributed by atoms with van der Waals surface area (Å²) in [6.45, 7) is 6.62. The molecule has 0 radical (unpaired) electrons. The van der Waals surface area contributed by atoms with Gasteiger partial charge in [-0.05, 0) is 57.8 Å². The SMILES string of the molecule is CCCCCCC/C=C\C/C=C\C/C=C\CCCCCCCCCCCCCCCCCCCCC(=O)OCC(COC(=O)CCCCCCCC)OC(=O)CCCCCCCCCCCCCCCCCCC. The Morgan fingerprint density at radius 2 is 0.486 bits per heavy atom. The predicted octanol–water partition coefficient (Wildman–Crippen LogP) is 22.4. The fraction of sp³-hybridized carbons (Fsp3) is 0.868. The second-order valence-corrected chi connectivity index (χ2v) is 22.4. The van der Waals surface area contributed by atoms with Gasteiger partial charge in [-0.15, -0.1) is 0 Å². The van der Waals surface area contributed by atoms with Gasteiger partial charge >= 0.3 is 17.9 Å². The van der Waals surface area contributed by atoms with Crippen LogP contribution in [0, 0.1) is 0 Å². The van der Waals surface area contributed by atoms with Crippen molar-refractivity contribution in [1.29, 1.82) is 0 Å². The molecular weight excluding hydrogens is 913 g/mol. The van der Waals surface area contributed by atoms with Gasteiger partial charge in [0.05, 0.1) is 0 Å². The molecule has 0 aliphatic carbocycles. The van der Waals surface area contributed by atoms with E-state index in [0.717, 1.165) is 70.6 Å². The van der Waals surface area contributed by atoms with Crippen molar-refractivity contribution in [1.82, 2.24) is 0 Å². The fourth-order valence-corrected chi connectivity index (χ4v) is 9.92. The molecule has 434 valence electrons. The number of carbonyl (C=O) groups is 3. The molecule has 1 unspecified atom stereocenters. The highest BCUT2D eigenvalue weighted by Gasteiger charge is 2.19. The van der Waals surface area contributed by atoms with Crippen LogP contribution in [0.25, 0.3) is 0 Å². The third kappa shape index (κ3) is 60.5. The molecule has 1 atom stereocenters. The molecule has 0 aromatic heterocycles. The first kappa shape index (κ1) is 71.6. The number of hydrogen-bond acceptors (Lipinski definition) is 6. The van der Waals surface area contributed by atoms with E-state index >= 15 is 0 Å². The molecule has 6 heteroatoms. The Kier molecular flexibility index (Phi) is 61.1. The van der Waals surface area contributed by atoms with Crippen LogP contribution in [0.2, 0.25) is 0 Å². The van der Waals surface area contributed by atoms with Crippen molar-refractivity contribution < 1.29 is 28.6 Å². The van der Waals surface area contributed by atoms with Crippen LogP contribution in [0.1, 0.15) is 361 Å². The molecule has 74 heavy (non-hydrogen) atoms. The molecule has 0 saturated heterocycles. The van der Waals surface area contributed by atoms with Crippen molar-refractivity contribution in [3.05, 3.63) is 36.5 Å². The van der Waals surface area contributed by atoms with E-state index < -0.39 is 6.10 Å². The Morgan fingerprint density at radius 1 is 0.270 bits per heavy atom. The van der Waals surface area contributed by atoms with E-state index in [1.165, 1.54) is 250 Å². The molecule has 0 fully saturated rings. The molecule has 0 amide bonds. The number of esters is 3. The molecule has 0 aliphatic rings. The number of unbranched alkanes of at least 4 members (excludes halogenated alkanes) is 44. The van der Waals surface area contributed by atoms with Crippen LogP contribution in [0.5, 0.6) is 0 Å². The third-order valence-corrected chi connectivity index (χ3v) is 14.9. The van der Waals surface area contributed by atoms with E-state index in [-0.39, 0.29) is 31.1 Å². The Balaban J connectivity index is 3.94. The minimum atomic E-state index is -0.764. The normalized spacial score (nSPS) is 12.2. The quantitative estimate of drug-likeness (QED) is 0.0261. The van der Waals surface area contributed by atoms with Gasteiger partial charge in [-0.2, -0.15) is 0 Å². The second-order valence-electron chi connectivity index (χ2n) is 22.4. The smallest absolute Gasteiger partial charge is 0.306 e. The van der Waals surface area contributed by atoms with Gasteiger partial charge in [0, 0.05) is 19.3 Å². The van der Waals surface area contributed by atoms with Gasteiger partial charge in [0.25, 0.3) is 0 Å². The minimum absolute atomic E-state index is 0.0660. The first-order chi connectivity index (χ1) is 36.5. The van der Waals surface area contributed by atoms with Crippen molar-refractivity contribution >= 4 is 17.9 Å². The highest BCUT2D eigenvalue weighted by atomic mass is 16.6. The van der Waals surface area contributed by atoms with Crippen LogP contribution in [-0.2, 0) is 28.6 Å². The summed E-state index contributed by atoms with van der Waals surface area (Å²) >= 11 is 0. The maximum absolute atomic E-state index is 12.8. The third-order valence-electron chi connectivity index (χ3n) is 14.9.